The van der Waals surface area contributed by atoms with Crippen molar-refractivity contribution >= 4 is 34.8 Å². The zero-order valence-corrected chi connectivity index (χ0v) is 16.9. The van der Waals surface area contributed by atoms with Crippen LogP contribution in [0.1, 0.15) is 23.2 Å². The highest BCUT2D eigenvalue weighted by Crippen LogP contribution is 2.28. The van der Waals surface area contributed by atoms with Crippen LogP contribution in [-0.4, -0.2) is 44.7 Å². The lowest BCUT2D eigenvalue weighted by Gasteiger charge is -2.16. The minimum Gasteiger partial charge on any atom is -0.489 e. The molecule has 7 nitrogen and oxygen atoms in total. The van der Waals surface area contributed by atoms with Crippen molar-refractivity contribution in [1.29, 1.82) is 0 Å². The van der Waals surface area contributed by atoms with Crippen LogP contribution in [0.4, 0.5) is 11.4 Å². The second-order valence-corrected chi connectivity index (χ2v) is 7.08. The first kappa shape index (κ1) is 21.0. The number of carbonyl (C=O) groups excluding carboxylic acids is 2. The summed E-state index contributed by atoms with van der Waals surface area (Å²) < 4.78 is 11.4. The highest BCUT2D eigenvalue weighted by Gasteiger charge is 2.17. The Balaban J connectivity index is 1.55. The Morgan fingerprint density at radius 2 is 2.00 bits per heavy atom. The van der Waals surface area contributed by atoms with Gasteiger partial charge in [-0.1, -0.05) is 11.6 Å². The van der Waals surface area contributed by atoms with Crippen LogP contribution in [0.3, 0.4) is 0 Å². The van der Waals surface area contributed by atoms with E-state index in [1.54, 1.807) is 49.5 Å². The molecular weight excluding hydrogens is 394 g/mol. The third-order valence-electron chi connectivity index (χ3n) is 4.49. The SMILES string of the molecule is CNC(=O)c1ccc(NC(=O)CNc2cc(Cl)ccc2OCC2CCCO2)cc1. The molecule has 0 bridgehead atoms. The molecule has 0 radical (unpaired) electrons. The van der Waals surface area contributed by atoms with Gasteiger partial charge in [-0.15, -0.1) is 0 Å². The van der Waals surface area contributed by atoms with Crippen molar-refractivity contribution in [2.24, 2.45) is 0 Å². The van der Waals surface area contributed by atoms with Gasteiger partial charge >= 0.3 is 0 Å². The Bertz CT molecular complexity index is 852. The maximum atomic E-state index is 12.3. The number of amides is 2. The van der Waals surface area contributed by atoms with Crippen molar-refractivity contribution in [3.8, 4) is 5.75 Å². The first-order chi connectivity index (χ1) is 14.0. The zero-order valence-electron chi connectivity index (χ0n) is 16.2. The number of anilines is 2. The Morgan fingerprint density at radius 3 is 2.69 bits per heavy atom. The zero-order chi connectivity index (χ0) is 20.6. The molecule has 3 N–H and O–H groups in total. The molecule has 0 spiro atoms. The molecule has 1 aliphatic heterocycles. The largest absolute Gasteiger partial charge is 0.489 e. The second kappa shape index (κ2) is 10.1. The monoisotopic (exact) mass is 417 g/mol. The van der Waals surface area contributed by atoms with E-state index in [0.29, 0.717) is 34.3 Å². The van der Waals surface area contributed by atoms with Crippen LogP contribution in [0, 0.1) is 0 Å². The van der Waals surface area contributed by atoms with Crippen LogP contribution >= 0.6 is 11.6 Å². The Hall–Kier alpha value is -2.77. The highest BCUT2D eigenvalue weighted by atomic mass is 35.5. The van der Waals surface area contributed by atoms with E-state index in [2.05, 4.69) is 16.0 Å². The average Bonchev–Trinajstić information content (AvgIpc) is 3.25. The number of rotatable bonds is 8. The molecule has 29 heavy (non-hydrogen) atoms. The Kier molecular flexibility index (Phi) is 7.32. The third-order valence-corrected chi connectivity index (χ3v) is 4.72. The van der Waals surface area contributed by atoms with Gasteiger partial charge in [-0.2, -0.15) is 0 Å². The van der Waals surface area contributed by atoms with Crippen molar-refractivity contribution in [2.45, 2.75) is 18.9 Å². The van der Waals surface area contributed by atoms with Crippen LogP contribution in [-0.2, 0) is 9.53 Å². The Morgan fingerprint density at radius 1 is 1.21 bits per heavy atom. The van der Waals surface area contributed by atoms with Crippen molar-refractivity contribution in [2.75, 3.05) is 37.4 Å². The van der Waals surface area contributed by atoms with Crippen LogP contribution in [0.25, 0.3) is 0 Å². The summed E-state index contributed by atoms with van der Waals surface area (Å²) >= 11 is 6.09. The molecule has 1 unspecified atom stereocenters. The summed E-state index contributed by atoms with van der Waals surface area (Å²) in [5.74, 6) is 0.205. The van der Waals surface area contributed by atoms with Crippen LogP contribution in [0.5, 0.6) is 5.75 Å². The summed E-state index contributed by atoms with van der Waals surface area (Å²) in [6, 6.07) is 11.9. The molecule has 0 aromatic heterocycles. The first-order valence-electron chi connectivity index (χ1n) is 9.45. The van der Waals surface area contributed by atoms with Gasteiger partial charge in [0.25, 0.3) is 5.91 Å². The van der Waals surface area contributed by atoms with Gasteiger partial charge in [0.05, 0.1) is 18.3 Å². The lowest BCUT2D eigenvalue weighted by molar-refractivity contribution is -0.114. The molecule has 154 valence electrons. The molecule has 1 heterocycles. The number of ether oxygens (including phenoxy) is 2. The summed E-state index contributed by atoms with van der Waals surface area (Å²) in [6.07, 6.45) is 2.13. The number of hydrogen-bond donors (Lipinski definition) is 3. The molecule has 2 aromatic rings. The molecule has 1 atom stereocenters. The molecule has 0 aliphatic carbocycles. The fourth-order valence-corrected chi connectivity index (χ4v) is 3.13. The van der Waals surface area contributed by atoms with E-state index in [-0.39, 0.29) is 24.5 Å². The van der Waals surface area contributed by atoms with Crippen molar-refractivity contribution in [3.05, 3.63) is 53.1 Å². The topological polar surface area (TPSA) is 88.7 Å². The van der Waals surface area contributed by atoms with Crippen LogP contribution < -0.4 is 20.7 Å². The quantitative estimate of drug-likeness (QED) is 0.613. The molecule has 3 rings (SSSR count). The number of halogens is 1. The van der Waals surface area contributed by atoms with Crippen molar-refractivity contribution in [3.63, 3.8) is 0 Å². The van der Waals surface area contributed by atoms with E-state index in [0.717, 1.165) is 19.4 Å². The average molecular weight is 418 g/mol. The lowest BCUT2D eigenvalue weighted by atomic mass is 10.2. The molecule has 1 saturated heterocycles. The maximum Gasteiger partial charge on any atom is 0.251 e. The number of nitrogens with one attached hydrogen (secondary N) is 3. The molecule has 2 amide bonds. The standard InChI is InChI=1S/C21H24ClN3O4/c1-23-21(27)14-4-7-16(8-5-14)25-20(26)12-24-18-11-15(22)6-9-19(18)29-13-17-3-2-10-28-17/h4-9,11,17,24H,2-3,10,12-13H2,1H3,(H,23,27)(H,25,26). The fraction of sp³-hybridized carbons (Fsp3) is 0.333. The maximum absolute atomic E-state index is 12.3. The van der Waals surface area contributed by atoms with Gasteiger partial charge in [0.2, 0.25) is 5.91 Å². The lowest BCUT2D eigenvalue weighted by Crippen LogP contribution is -2.23. The van der Waals surface area contributed by atoms with Gasteiger partial charge in [-0.3, -0.25) is 9.59 Å². The molecule has 1 aliphatic rings. The second-order valence-electron chi connectivity index (χ2n) is 6.64. The number of benzene rings is 2. The third kappa shape index (κ3) is 6.10. The van der Waals surface area contributed by atoms with E-state index in [4.69, 9.17) is 21.1 Å². The first-order valence-corrected chi connectivity index (χ1v) is 9.83. The smallest absolute Gasteiger partial charge is 0.251 e. The van der Waals surface area contributed by atoms with E-state index in [1.165, 1.54) is 0 Å². The molecular formula is C21H24ClN3O4. The summed E-state index contributed by atoms with van der Waals surface area (Å²) in [5.41, 5.74) is 1.77. The summed E-state index contributed by atoms with van der Waals surface area (Å²) in [6.45, 7) is 1.26. The van der Waals surface area contributed by atoms with Crippen LogP contribution in [0.15, 0.2) is 42.5 Å². The number of hydrogen-bond acceptors (Lipinski definition) is 5. The van der Waals surface area contributed by atoms with Gasteiger partial charge in [0, 0.05) is 29.9 Å². The predicted octanol–water partition coefficient (Wildman–Crippen LogP) is 3.31. The van der Waals surface area contributed by atoms with Crippen molar-refractivity contribution in [1.82, 2.24) is 5.32 Å². The minimum atomic E-state index is -0.234. The van der Waals surface area contributed by atoms with E-state index in [9.17, 15) is 9.59 Å². The van der Waals surface area contributed by atoms with Gasteiger partial charge in [-0.25, -0.2) is 0 Å². The Labute approximate surface area is 174 Å². The number of carbonyl (C=O) groups is 2. The van der Waals surface area contributed by atoms with E-state index in [1.807, 2.05) is 0 Å². The minimum absolute atomic E-state index is 0.0355. The highest BCUT2D eigenvalue weighted by molar-refractivity contribution is 6.31. The molecule has 2 aromatic carbocycles. The van der Waals surface area contributed by atoms with E-state index >= 15 is 0 Å². The molecule has 8 heteroatoms. The summed E-state index contributed by atoms with van der Waals surface area (Å²) in [5, 5.41) is 8.94. The van der Waals surface area contributed by atoms with E-state index < -0.39 is 0 Å². The van der Waals surface area contributed by atoms with Gasteiger partial charge in [0.15, 0.2) is 0 Å². The normalized spacial score (nSPS) is 15.6. The summed E-state index contributed by atoms with van der Waals surface area (Å²) in [7, 11) is 1.57. The molecule has 1 fully saturated rings. The van der Waals surface area contributed by atoms with Crippen molar-refractivity contribution < 1.29 is 19.1 Å². The summed E-state index contributed by atoms with van der Waals surface area (Å²) in [4.78, 5) is 23.8. The van der Waals surface area contributed by atoms with Crippen LogP contribution in [0.2, 0.25) is 5.02 Å². The van der Waals surface area contributed by atoms with Gasteiger partial charge in [0.1, 0.15) is 12.4 Å². The van der Waals surface area contributed by atoms with Gasteiger partial charge in [-0.05, 0) is 55.3 Å². The fourth-order valence-electron chi connectivity index (χ4n) is 2.95. The molecule has 0 saturated carbocycles. The van der Waals surface area contributed by atoms with Gasteiger partial charge < -0.3 is 25.4 Å². The predicted molar refractivity (Wildman–Crippen MR) is 113 cm³/mol.